The van der Waals surface area contributed by atoms with Gasteiger partial charge in [0.15, 0.2) is 0 Å². The first-order chi connectivity index (χ1) is 10.0. The molecular weight excluding hydrogens is 269 g/mol. The van der Waals surface area contributed by atoms with Crippen LogP contribution in [0.3, 0.4) is 0 Å². The van der Waals surface area contributed by atoms with Gasteiger partial charge in [0.1, 0.15) is 5.82 Å². The second-order valence-corrected chi connectivity index (χ2v) is 5.70. The minimum Gasteiger partial charge on any atom is -0.382 e. The van der Waals surface area contributed by atoms with Crippen LogP contribution in [0.1, 0.15) is 30.6 Å². The number of carbonyl (C=O) groups excluding carboxylic acids is 1. The number of amides is 1. The van der Waals surface area contributed by atoms with Crippen LogP contribution in [0.15, 0.2) is 18.2 Å². The quantitative estimate of drug-likeness (QED) is 0.926. The van der Waals surface area contributed by atoms with E-state index in [1.807, 2.05) is 18.7 Å². The Balaban J connectivity index is 2.24. The number of carbonyl (C=O) groups is 1. The van der Waals surface area contributed by atoms with Crippen LogP contribution >= 0.6 is 0 Å². The number of piperazine rings is 1. The van der Waals surface area contributed by atoms with Gasteiger partial charge in [-0.25, -0.2) is 4.39 Å². The van der Waals surface area contributed by atoms with E-state index < -0.39 is 0 Å². The molecule has 0 bridgehead atoms. The summed E-state index contributed by atoms with van der Waals surface area (Å²) in [4.78, 5) is 16.8. The molecule has 0 spiro atoms. The molecule has 1 saturated heterocycles. The Labute approximate surface area is 125 Å². The van der Waals surface area contributed by atoms with Crippen LogP contribution in [0.5, 0.6) is 0 Å². The summed E-state index contributed by atoms with van der Waals surface area (Å²) in [7, 11) is 2.05. The highest BCUT2D eigenvalue weighted by Crippen LogP contribution is 2.23. The average molecular weight is 293 g/mol. The number of hydrogen-bond donors (Lipinski definition) is 1. The maximum Gasteiger partial charge on any atom is 0.256 e. The molecule has 116 valence electrons. The number of halogens is 1. The van der Waals surface area contributed by atoms with E-state index in [1.54, 1.807) is 12.1 Å². The van der Waals surface area contributed by atoms with Gasteiger partial charge in [-0.1, -0.05) is 13.0 Å². The summed E-state index contributed by atoms with van der Waals surface area (Å²) in [5.41, 5.74) is 0.760. The normalized spacial score (nSPS) is 19.6. The molecular formula is C16H24FN3O. The lowest BCUT2D eigenvalue weighted by molar-refractivity contribution is 0.0534. The zero-order chi connectivity index (χ0) is 15.4. The molecule has 1 atom stereocenters. The van der Waals surface area contributed by atoms with E-state index in [0.29, 0.717) is 24.3 Å². The molecule has 1 N–H and O–H groups in total. The first kappa shape index (κ1) is 15.8. The van der Waals surface area contributed by atoms with Crippen LogP contribution in [-0.2, 0) is 0 Å². The number of nitrogens with one attached hydrogen (secondary N) is 1. The summed E-state index contributed by atoms with van der Waals surface area (Å²) in [6.07, 6.45) is 0.882. The van der Waals surface area contributed by atoms with Crippen molar-refractivity contribution in [3.63, 3.8) is 0 Å². The Bertz CT molecular complexity index is 506. The lowest BCUT2D eigenvalue weighted by Gasteiger charge is -2.38. The molecule has 0 saturated carbocycles. The smallest absolute Gasteiger partial charge is 0.256 e. The number of likely N-dealkylation sites (N-methyl/N-ethyl adjacent to an activating group) is 1. The van der Waals surface area contributed by atoms with Crippen LogP contribution < -0.4 is 5.32 Å². The van der Waals surface area contributed by atoms with Gasteiger partial charge in [-0.05, 0) is 32.5 Å². The molecule has 21 heavy (non-hydrogen) atoms. The number of para-hydroxylation sites is 1. The van der Waals surface area contributed by atoms with Gasteiger partial charge in [-0.3, -0.25) is 4.79 Å². The van der Waals surface area contributed by atoms with Crippen molar-refractivity contribution in [2.45, 2.75) is 26.3 Å². The number of anilines is 1. The molecule has 1 aliphatic rings. The maximum atomic E-state index is 14.0. The van der Waals surface area contributed by atoms with Gasteiger partial charge in [0, 0.05) is 32.2 Å². The summed E-state index contributed by atoms with van der Waals surface area (Å²) < 4.78 is 14.0. The minimum absolute atomic E-state index is 0.0892. The van der Waals surface area contributed by atoms with Crippen molar-refractivity contribution < 1.29 is 9.18 Å². The van der Waals surface area contributed by atoms with Crippen molar-refractivity contribution in [1.29, 1.82) is 0 Å². The van der Waals surface area contributed by atoms with Crippen LogP contribution in [0.4, 0.5) is 10.1 Å². The standard InChI is InChI=1S/C16H24FN3O/c1-4-8-18-15-13(6-5-7-14(15)17)16(21)20-10-9-19(3)11-12(20)2/h5-7,12,18H,4,8-11H2,1-3H3. The van der Waals surface area contributed by atoms with Crippen molar-refractivity contribution in [2.75, 3.05) is 38.5 Å². The van der Waals surface area contributed by atoms with E-state index in [2.05, 4.69) is 17.3 Å². The van der Waals surface area contributed by atoms with E-state index in [9.17, 15) is 9.18 Å². The molecule has 1 fully saturated rings. The molecule has 1 aliphatic heterocycles. The zero-order valence-corrected chi connectivity index (χ0v) is 13.0. The molecule has 0 aliphatic carbocycles. The highest BCUT2D eigenvalue weighted by atomic mass is 19.1. The molecule has 4 nitrogen and oxygen atoms in total. The van der Waals surface area contributed by atoms with Gasteiger partial charge in [0.05, 0.1) is 11.3 Å². The van der Waals surface area contributed by atoms with E-state index in [4.69, 9.17) is 0 Å². The largest absolute Gasteiger partial charge is 0.382 e. The first-order valence-corrected chi connectivity index (χ1v) is 7.56. The van der Waals surface area contributed by atoms with E-state index in [0.717, 1.165) is 19.5 Å². The molecule has 1 unspecified atom stereocenters. The number of rotatable bonds is 4. The van der Waals surface area contributed by atoms with Crippen molar-refractivity contribution >= 4 is 11.6 Å². The lowest BCUT2D eigenvalue weighted by Crippen LogP contribution is -2.52. The highest BCUT2D eigenvalue weighted by Gasteiger charge is 2.28. The fourth-order valence-corrected chi connectivity index (χ4v) is 2.73. The van der Waals surface area contributed by atoms with Crippen LogP contribution in [-0.4, -0.2) is 55.0 Å². The van der Waals surface area contributed by atoms with Crippen molar-refractivity contribution in [2.24, 2.45) is 0 Å². The molecule has 1 heterocycles. The molecule has 5 heteroatoms. The van der Waals surface area contributed by atoms with Gasteiger partial charge in [0.2, 0.25) is 0 Å². The Morgan fingerprint density at radius 3 is 2.86 bits per heavy atom. The predicted molar refractivity (Wildman–Crippen MR) is 83.2 cm³/mol. The third kappa shape index (κ3) is 3.53. The molecule has 0 radical (unpaired) electrons. The average Bonchev–Trinajstić information content (AvgIpc) is 2.45. The van der Waals surface area contributed by atoms with Crippen LogP contribution in [0, 0.1) is 5.82 Å². The minimum atomic E-state index is -0.365. The van der Waals surface area contributed by atoms with Crippen molar-refractivity contribution in [1.82, 2.24) is 9.80 Å². The van der Waals surface area contributed by atoms with E-state index in [1.165, 1.54) is 6.07 Å². The van der Waals surface area contributed by atoms with E-state index >= 15 is 0 Å². The number of benzene rings is 1. The summed E-state index contributed by atoms with van der Waals surface area (Å²) in [6, 6.07) is 4.83. The van der Waals surface area contributed by atoms with Crippen LogP contribution in [0.2, 0.25) is 0 Å². The van der Waals surface area contributed by atoms with Gasteiger partial charge < -0.3 is 15.1 Å². The number of nitrogens with zero attached hydrogens (tertiary/aromatic N) is 2. The summed E-state index contributed by atoms with van der Waals surface area (Å²) in [6.45, 7) is 7.07. The Hall–Kier alpha value is -1.62. The SMILES string of the molecule is CCCNc1c(F)cccc1C(=O)N1CCN(C)CC1C. The maximum absolute atomic E-state index is 14.0. The summed E-state index contributed by atoms with van der Waals surface area (Å²) >= 11 is 0. The number of hydrogen-bond acceptors (Lipinski definition) is 3. The molecule has 1 aromatic rings. The summed E-state index contributed by atoms with van der Waals surface area (Å²) in [5, 5.41) is 3.04. The third-order valence-electron chi connectivity index (χ3n) is 3.89. The van der Waals surface area contributed by atoms with Gasteiger partial charge in [0.25, 0.3) is 5.91 Å². The Morgan fingerprint density at radius 1 is 1.43 bits per heavy atom. The Morgan fingerprint density at radius 2 is 2.19 bits per heavy atom. The Kier molecular flexibility index (Phi) is 5.17. The van der Waals surface area contributed by atoms with Gasteiger partial charge in [-0.2, -0.15) is 0 Å². The highest BCUT2D eigenvalue weighted by molar-refractivity contribution is 6.00. The third-order valence-corrected chi connectivity index (χ3v) is 3.89. The van der Waals surface area contributed by atoms with Crippen molar-refractivity contribution in [3.8, 4) is 0 Å². The van der Waals surface area contributed by atoms with Gasteiger partial charge >= 0.3 is 0 Å². The van der Waals surface area contributed by atoms with Crippen LogP contribution in [0.25, 0.3) is 0 Å². The second-order valence-electron chi connectivity index (χ2n) is 5.70. The summed E-state index contributed by atoms with van der Waals surface area (Å²) in [5.74, 6) is -0.454. The fraction of sp³-hybridized carbons (Fsp3) is 0.562. The zero-order valence-electron chi connectivity index (χ0n) is 13.0. The molecule has 1 aromatic carbocycles. The monoisotopic (exact) mass is 293 g/mol. The topological polar surface area (TPSA) is 35.6 Å². The lowest BCUT2D eigenvalue weighted by atomic mass is 10.1. The predicted octanol–water partition coefficient (Wildman–Crippen LogP) is 2.42. The molecule has 0 aromatic heterocycles. The van der Waals surface area contributed by atoms with Crippen molar-refractivity contribution in [3.05, 3.63) is 29.6 Å². The first-order valence-electron chi connectivity index (χ1n) is 7.56. The second kappa shape index (κ2) is 6.89. The van der Waals surface area contributed by atoms with E-state index in [-0.39, 0.29) is 17.8 Å². The molecule has 2 rings (SSSR count). The molecule has 1 amide bonds. The fourth-order valence-electron chi connectivity index (χ4n) is 2.73. The van der Waals surface area contributed by atoms with Gasteiger partial charge in [-0.15, -0.1) is 0 Å².